The average molecular weight is 834 g/mol. The Bertz CT molecular complexity index is 1950. The maximum Gasteiger partial charge on any atom is 0.338 e. The fraction of sp³-hybridized carbons (Fsp3) is 0.182. The van der Waals surface area contributed by atoms with Crippen molar-refractivity contribution >= 4 is 74.3 Å². The van der Waals surface area contributed by atoms with Gasteiger partial charge >= 0.3 is 5.97 Å². The van der Waals surface area contributed by atoms with E-state index in [4.69, 9.17) is 23.9 Å². The number of halogens is 2. The summed E-state index contributed by atoms with van der Waals surface area (Å²) in [5, 5.41) is 0. The molecule has 11 heteroatoms. The topological polar surface area (TPSA) is 88.3 Å². The molecule has 1 aliphatic rings. The highest BCUT2D eigenvalue weighted by Gasteiger charge is 2.35. The number of methoxy groups -OCH3 is 2. The van der Waals surface area contributed by atoms with Crippen molar-refractivity contribution in [2.75, 3.05) is 27.4 Å². The van der Waals surface area contributed by atoms with Gasteiger partial charge < -0.3 is 18.9 Å². The molecule has 0 unspecified atom stereocenters. The lowest BCUT2D eigenvalue weighted by atomic mass is 9.93. The summed E-state index contributed by atoms with van der Waals surface area (Å²) in [6.07, 6.45) is 3.49. The third-order valence-corrected chi connectivity index (χ3v) is 9.17. The number of nitrogens with zero attached hydrogens (tertiary/aromatic N) is 2. The van der Waals surface area contributed by atoms with E-state index in [2.05, 4.69) is 51.8 Å². The fourth-order valence-corrected chi connectivity index (χ4v) is 7.94. The predicted molar refractivity (Wildman–Crippen MR) is 188 cm³/mol. The lowest BCUT2D eigenvalue weighted by molar-refractivity contribution is -0.138. The van der Waals surface area contributed by atoms with Gasteiger partial charge in [-0.25, -0.2) is 9.79 Å². The Morgan fingerprint density at radius 1 is 1.07 bits per heavy atom. The number of ether oxygens (including phenoxy) is 4. The quantitative estimate of drug-likeness (QED) is 0.115. The molecule has 0 bridgehead atoms. The predicted octanol–water partition coefficient (Wildman–Crippen LogP) is 5.73. The van der Waals surface area contributed by atoms with Crippen LogP contribution in [0.25, 0.3) is 11.8 Å². The Morgan fingerprint density at radius 3 is 2.50 bits per heavy atom. The highest BCUT2D eigenvalue weighted by Crippen LogP contribution is 2.38. The van der Waals surface area contributed by atoms with Gasteiger partial charge in [0.1, 0.15) is 12.4 Å². The van der Waals surface area contributed by atoms with E-state index in [1.807, 2.05) is 54.6 Å². The first-order valence-corrected chi connectivity index (χ1v) is 16.5. The Labute approximate surface area is 285 Å². The van der Waals surface area contributed by atoms with Gasteiger partial charge in [-0.2, -0.15) is 0 Å². The number of hydrogen-bond donors (Lipinski definition) is 0. The molecular weight excluding hydrogens is 806 g/mol. The number of fused-ring (bicyclic) bond motifs is 1. The molecule has 0 saturated carbocycles. The largest absolute Gasteiger partial charge is 0.493 e. The Morgan fingerprint density at radius 2 is 1.82 bits per heavy atom. The molecule has 2 heterocycles. The van der Waals surface area contributed by atoms with E-state index in [1.165, 1.54) is 11.3 Å². The molecule has 0 N–H and O–H groups in total. The Hall–Kier alpha value is -3.43. The number of benzene rings is 3. The molecule has 0 radical (unpaired) electrons. The fourth-order valence-electron chi connectivity index (χ4n) is 4.90. The minimum absolute atomic E-state index is 0.159. The second kappa shape index (κ2) is 14.1. The van der Waals surface area contributed by atoms with Gasteiger partial charge in [-0.1, -0.05) is 60.4 Å². The lowest BCUT2D eigenvalue weighted by Gasteiger charge is -2.26. The van der Waals surface area contributed by atoms with Crippen molar-refractivity contribution in [2.24, 2.45) is 4.99 Å². The molecule has 1 atom stereocenters. The van der Waals surface area contributed by atoms with Crippen LogP contribution >= 0.6 is 56.5 Å². The van der Waals surface area contributed by atoms with Crippen LogP contribution in [0.1, 0.15) is 29.7 Å². The van der Waals surface area contributed by atoms with Crippen LogP contribution in [0.5, 0.6) is 17.2 Å². The summed E-state index contributed by atoms with van der Waals surface area (Å²) in [6, 6.07) is 17.9. The number of hydrogen-bond acceptors (Lipinski definition) is 8. The van der Waals surface area contributed by atoms with Gasteiger partial charge in [0.25, 0.3) is 5.56 Å². The van der Waals surface area contributed by atoms with Crippen molar-refractivity contribution in [3.05, 3.63) is 122 Å². The number of rotatable bonds is 10. The van der Waals surface area contributed by atoms with Gasteiger partial charge in [0.05, 0.1) is 46.2 Å². The van der Waals surface area contributed by atoms with Crippen LogP contribution in [0.3, 0.4) is 0 Å². The normalized spacial score (nSPS) is 14.5. The van der Waals surface area contributed by atoms with Crippen molar-refractivity contribution in [1.29, 1.82) is 0 Å². The smallest absolute Gasteiger partial charge is 0.338 e. The standard InChI is InChI=1S/C33H28I2N2O6S/c1-5-14-43-30-21(15-22(34)18-23(30)35)17-26-31(38)37-29(20-12-13-24(40-3)25(16-20)41-4)27(32(39)42-6-2)28(36-33(37)44-26)19-10-8-7-9-11-19/h5,7-13,15-18,29H,1,6,14H2,2-4H3/b26-17-/t29-/m0/s1. The van der Waals surface area contributed by atoms with Crippen LogP contribution in [0, 0.1) is 7.14 Å². The molecule has 0 spiro atoms. The van der Waals surface area contributed by atoms with Gasteiger partial charge in [0.15, 0.2) is 16.3 Å². The van der Waals surface area contributed by atoms with Crippen LogP contribution in [-0.2, 0) is 9.53 Å². The summed E-state index contributed by atoms with van der Waals surface area (Å²) in [4.78, 5) is 33.4. The Kier molecular flexibility index (Phi) is 10.3. The number of carbonyl (C=O) groups excluding carboxylic acids is 1. The number of aromatic nitrogens is 1. The molecule has 3 aromatic carbocycles. The molecule has 44 heavy (non-hydrogen) atoms. The summed E-state index contributed by atoms with van der Waals surface area (Å²) < 4.78 is 26.5. The van der Waals surface area contributed by atoms with Crippen molar-refractivity contribution in [2.45, 2.75) is 13.0 Å². The van der Waals surface area contributed by atoms with Crippen LogP contribution in [0.4, 0.5) is 0 Å². The number of thiazole rings is 1. The van der Waals surface area contributed by atoms with E-state index in [9.17, 15) is 9.59 Å². The summed E-state index contributed by atoms with van der Waals surface area (Å²) in [6.45, 7) is 5.99. The zero-order chi connectivity index (χ0) is 31.4. The third-order valence-electron chi connectivity index (χ3n) is 6.77. The number of carbonyl (C=O) groups is 1. The second-order valence-electron chi connectivity index (χ2n) is 9.45. The van der Waals surface area contributed by atoms with Crippen LogP contribution < -0.4 is 29.1 Å². The molecule has 0 fully saturated rings. The minimum atomic E-state index is -0.852. The summed E-state index contributed by atoms with van der Waals surface area (Å²) in [7, 11) is 3.09. The molecule has 1 aromatic heterocycles. The van der Waals surface area contributed by atoms with E-state index in [0.29, 0.717) is 44.4 Å². The number of esters is 1. The molecular formula is C33H28I2N2O6S. The monoisotopic (exact) mass is 834 g/mol. The van der Waals surface area contributed by atoms with Gasteiger partial charge in [0.2, 0.25) is 0 Å². The van der Waals surface area contributed by atoms with Gasteiger partial charge in [-0.3, -0.25) is 9.36 Å². The van der Waals surface area contributed by atoms with Crippen molar-refractivity contribution < 1.29 is 23.7 Å². The SMILES string of the molecule is C=CCOc1c(I)cc(I)cc1/C=c1\sc2n(c1=O)[C@@H](c1ccc(OC)c(OC)c1)C(C(=O)OCC)=C(c1ccccc1)N=2. The molecule has 4 aromatic rings. The maximum atomic E-state index is 14.3. The van der Waals surface area contributed by atoms with Gasteiger partial charge in [-0.05, 0) is 88.0 Å². The van der Waals surface area contributed by atoms with Crippen LogP contribution in [-0.4, -0.2) is 38.0 Å². The van der Waals surface area contributed by atoms with E-state index in [-0.39, 0.29) is 17.7 Å². The molecule has 5 rings (SSSR count). The van der Waals surface area contributed by atoms with Crippen molar-refractivity contribution in [3.63, 3.8) is 0 Å². The molecule has 0 amide bonds. The van der Waals surface area contributed by atoms with Gasteiger partial charge in [0, 0.05) is 14.7 Å². The zero-order valence-corrected chi connectivity index (χ0v) is 29.3. The maximum absolute atomic E-state index is 14.3. The first kappa shape index (κ1) is 32.0. The first-order chi connectivity index (χ1) is 21.3. The summed E-state index contributed by atoms with van der Waals surface area (Å²) in [5.74, 6) is 1.09. The van der Waals surface area contributed by atoms with Crippen LogP contribution in [0.15, 0.2) is 88.7 Å². The highest BCUT2D eigenvalue weighted by molar-refractivity contribution is 14.1. The highest BCUT2D eigenvalue weighted by atomic mass is 127. The molecule has 1 aliphatic heterocycles. The average Bonchev–Trinajstić information content (AvgIpc) is 3.34. The van der Waals surface area contributed by atoms with E-state index in [0.717, 1.165) is 18.3 Å². The summed E-state index contributed by atoms with van der Waals surface area (Å²) >= 11 is 5.72. The molecule has 8 nitrogen and oxygen atoms in total. The Balaban J connectivity index is 1.84. The minimum Gasteiger partial charge on any atom is -0.493 e. The van der Waals surface area contributed by atoms with Crippen LogP contribution in [0.2, 0.25) is 0 Å². The lowest BCUT2D eigenvalue weighted by Crippen LogP contribution is -2.40. The van der Waals surface area contributed by atoms with Crippen molar-refractivity contribution in [3.8, 4) is 17.2 Å². The van der Waals surface area contributed by atoms with Crippen molar-refractivity contribution in [1.82, 2.24) is 4.57 Å². The molecule has 0 aliphatic carbocycles. The molecule has 226 valence electrons. The second-order valence-corrected chi connectivity index (χ2v) is 12.9. The zero-order valence-electron chi connectivity index (χ0n) is 24.1. The summed E-state index contributed by atoms with van der Waals surface area (Å²) in [5.41, 5.74) is 2.51. The van der Waals surface area contributed by atoms with E-state index >= 15 is 0 Å². The van der Waals surface area contributed by atoms with E-state index < -0.39 is 12.0 Å². The molecule has 0 saturated heterocycles. The first-order valence-electron chi connectivity index (χ1n) is 13.5. The van der Waals surface area contributed by atoms with Gasteiger partial charge in [-0.15, -0.1) is 0 Å². The third kappa shape index (κ3) is 6.35. The van der Waals surface area contributed by atoms with E-state index in [1.54, 1.807) is 43.9 Å².